The van der Waals surface area contributed by atoms with Crippen LogP contribution in [-0.4, -0.2) is 62.3 Å². The molecule has 0 amide bonds. The maximum atomic E-state index is 5.24. The summed E-state index contributed by atoms with van der Waals surface area (Å²) in [5.41, 5.74) is 0. The fraction of sp³-hybridized carbons (Fsp3) is 1.00. The van der Waals surface area contributed by atoms with Gasteiger partial charge in [0.25, 0.3) is 0 Å². The molecule has 0 atom stereocenters. The first-order valence-corrected chi connectivity index (χ1v) is 8.60. The Balaban J connectivity index is 0.000000364. The third kappa shape index (κ3) is 11.1. The van der Waals surface area contributed by atoms with Gasteiger partial charge in [-0.25, -0.2) is 0 Å². The molecule has 0 N–H and O–H groups in total. The Kier molecular flexibility index (Phi) is 12.4. The molecular weight excluding hydrogens is 260 g/mol. The molecule has 0 aromatic heterocycles. The standard InChI is InChI=1S/C9H19N.C8H17NO.CH4/c1-9(2)8-10-6-4-3-5-7-10;1-8(2)7-9-3-5-10-6-4-9;/h9H,3-8H2,1-2H3;8H,3-7H2,1-2H3;1H4. The summed E-state index contributed by atoms with van der Waals surface area (Å²) in [4.78, 5) is 5.06. The second-order valence-electron chi connectivity index (χ2n) is 7.06. The van der Waals surface area contributed by atoms with E-state index in [9.17, 15) is 0 Å². The number of piperidine rings is 1. The molecule has 128 valence electrons. The van der Waals surface area contributed by atoms with E-state index in [0.29, 0.717) is 0 Å². The van der Waals surface area contributed by atoms with Crippen LogP contribution in [0.4, 0.5) is 0 Å². The van der Waals surface area contributed by atoms with Crippen LogP contribution in [0.2, 0.25) is 0 Å². The lowest BCUT2D eigenvalue weighted by molar-refractivity contribution is 0.0329. The first-order chi connectivity index (χ1) is 9.58. The molecule has 21 heavy (non-hydrogen) atoms. The molecule has 2 heterocycles. The Morgan fingerprint density at radius 2 is 1.14 bits per heavy atom. The van der Waals surface area contributed by atoms with Crippen molar-refractivity contribution in [3.8, 4) is 0 Å². The Hall–Kier alpha value is -0.120. The molecular formula is C18H40N2O. The predicted molar refractivity (Wildman–Crippen MR) is 94.0 cm³/mol. The molecule has 0 radical (unpaired) electrons. The quantitative estimate of drug-likeness (QED) is 0.786. The summed E-state index contributed by atoms with van der Waals surface area (Å²) < 4.78 is 5.24. The average molecular weight is 301 g/mol. The van der Waals surface area contributed by atoms with E-state index in [2.05, 4.69) is 37.5 Å². The van der Waals surface area contributed by atoms with Gasteiger partial charge in [-0.3, -0.25) is 4.90 Å². The van der Waals surface area contributed by atoms with Crippen LogP contribution in [0.5, 0.6) is 0 Å². The van der Waals surface area contributed by atoms with Crippen LogP contribution in [0.15, 0.2) is 0 Å². The second kappa shape index (κ2) is 12.4. The number of nitrogens with zero attached hydrogens (tertiary/aromatic N) is 2. The lowest BCUT2D eigenvalue weighted by Gasteiger charge is -2.27. The number of ether oxygens (including phenoxy) is 1. The van der Waals surface area contributed by atoms with Gasteiger partial charge in [0, 0.05) is 26.2 Å². The lowest BCUT2D eigenvalue weighted by Crippen LogP contribution is -2.38. The molecule has 2 aliphatic heterocycles. The second-order valence-corrected chi connectivity index (χ2v) is 7.06. The largest absolute Gasteiger partial charge is 0.379 e. The van der Waals surface area contributed by atoms with Crippen LogP contribution in [-0.2, 0) is 4.74 Å². The van der Waals surface area contributed by atoms with Crippen LogP contribution < -0.4 is 0 Å². The molecule has 0 aromatic carbocycles. The minimum absolute atomic E-state index is 0. The highest BCUT2D eigenvalue weighted by Gasteiger charge is 2.11. The number of hydrogen-bond acceptors (Lipinski definition) is 3. The van der Waals surface area contributed by atoms with E-state index < -0.39 is 0 Å². The molecule has 0 spiro atoms. The zero-order valence-corrected chi connectivity index (χ0v) is 14.2. The summed E-state index contributed by atoms with van der Waals surface area (Å²) in [5.74, 6) is 1.64. The summed E-state index contributed by atoms with van der Waals surface area (Å²) in [5, 5.41) is 0. The number of hydrogen-bond donors (Lipinski definition) is 0. The molecule has 2 rings (SSSR count). The van der Waals surface area contributed by atoms with Crippen molar-refractivity contribution in [1.82, 2.24) is 9.80 Å². The molecule has 0 bridgehead atoms. The van der Waals surface area contributed by atoms with Gasteiger partial charge < -0.3 is 9.64 Å². The van der Waals surface area contributed by atoms with Crippen molar-refractivity contribution in [2.75, 3.05) is 52.5 Å². The molecule has 2 aliphatic rings. The van der Waals surface area contributed by atoms with Crippen LogP contribution in [0.25, 0.3) is 0 Å². The van der Waals surface area contributed by atoms with Crippen molar-refractivity contribution in [3.63, 3.8) is 0 Å². The van der Waals surface area contributed by atoms with Gasteiger partial charge in [-0.05, 0) is 37.8 Å². The summed E-state index contributed by atoms with van der Waals surface area (Å²) in [6.45, 7) is 18.4. The van der Waals surface area contributed by atoms with Crippen molar-refractivity contribution in [3.05, 3.63) is 0 Å². The molecule has 3 heteroatoms. The zero-order chi connectivity index (χ0) is 14.8. The average Bonchev–Trinajstić information content (AvgIpc) is 2.40. The monoisotopic (exact) mass is 300 g/mol. The normalized spacial score (nSPS) is 20.9. The van der Waals surface area contributed by atoms with E-state index >= 15 is 0 Å². The fourth-order valence-electron chi connectivity index (χ4n) is 2.96. The van der Waals surface area contributed by atoms with Crippen LogP contribution >= 0.6 is 0 Å². The van der Waals surface area contributed by atoms with E-state index in [1.165, 1.54) is 45.4 Å². The van der Waals surface area contributed by atoms with Gasteiger partial charge in [0.15, 0.2) is 0 Å². The fourth-order valence-corrected chi connectivity index (χ4v) is 2.96. The highest BCUT2D eigenvalue weighted by molar-refractivity contribution is 4.65. The van der Waals surface area contributed by atoms with E-state index in [4.69, 9.17) is 4.74 Å². The molecule has 2 fully saturated rings. The van der Waals surface area contributed by atoms with Gasteiger partial charge in [0.2, 0.25) is 0 Å². The summed E-state index contributed by atoms with van der Waals surface area (Å²) in [7, 11) is 0. The van der Waals surface area contributed by atoms with Gasteiger partial charge in [-0.2, -0.15) is 0 Å². The Bertz CT molecular complexity index is 195. The highest BCUT2D eigenvalue weighted by Crippen LogP contribution is 2.10. The molecule has 0 aliphatic carbocycles. The topological polar surface area (TPSA) is 15.7 Å². The number of likely N-dealkylation sites (tertiary alicyclic amines) is 1. The first kappa shape index (κ1) is 20.9. The van der Waals surface area contributed by atoms with E-state index in [1.807, 2.05) is 0 Å². The Labute approximate surface area is 134 Å². The van der Waals surface area contributed by atoms with Gasteiger partial charge in [0.05, 0.1) is 13.2 Å². The third-order valence-electron chi connectivity index (χ3n) is 3.80. The maximum Gasteiger partial charge on any atom is 0.0594 e. The van der Waals surface area contributed by atoms with Crippen LogP contribution in [0, 0.1) is 11.8 Å². The number of rotatable bonds is 4. The molecule has 3 nitrogen and oxygen atoms in total. The van der Waals surface area contributed by atoms with Crippen molar-refractivity contribution in [1.29, 1.82) is 0 Å². The first-order valence-electron chi connectivity index (χ1n) is 8.60. The van der Waals surface area contributed by atoms with E-state index in [1.54, 1.807) is 0 Å². The van der Waals surface area contributed by atoms with Crippen molar-refractivity contribution < 1.29 is 4.74 Å². The minimum atomic E-state index is 0. The van der Waals surface area contributed by atoms with E-state index in [0.717, 1.165) is 38.1 Å². The van der Waals surface area contributed by atoms with Gasteiger partial charge in [-0.15, -0.1) is 0 Å². The van der Waals surface area contributed by atoms with Crippen molar-refractivity contribution >= 4 is 0 Å². The highest BCUT2D eigenvalue weighted by atomic mass is 16.5. The Morgan fingerprint density at radius 3 is 1.57 bits per heavy atom. The number of morpholine rings is 1. The molecule has 0 aromatic rings. The van der Waals surface area contributed by atoms with Crippen LogP contribution in [0.1, 0.15) is 54.4 Å². The van der Waals surface area contributed by atoms with Gasteiger partial charge in [-0.1, -0.05) is 41.5 Å². The maximum absolute atomic E-state index is 5.24. The Morgan fingerprint density at radius 1 is 0.714 bits per heavy atom. The zero-order valence-electron chi connectivity index (χ0n) is 14.2. The van der Waals surface area contributed by atoms with Crippen LogP contribution in [0.3, 0.4) is 0 Å². The SMILES string of the molecule is C.CC(C)CN1CCCCC1.CC(C)CN1CCOCC1. The minimum Gasteiger partial charge on any atom is -0.379 e. The predicted octanol–water partition coefficient (Wildman–Crippen LogP) is 3.74. The van der Waals surface area contributed by atoms with Gasteiger partial charge in [0.1, 0.15) is 0 Å². The van der Waals surface area contributed by atoms with Gasteiger partial charge >= 0.3 is 0 Å². The van der Waals surface area contributed by atoms with Crippen molar-refractivity contribution in [2.45, 2.75) is 54.4 Å². The molecule has 0 unspecified atom stereocenters. The third-order valence-corrected chi connectivity index (χ3v) is 3.80. The molecule has 0 saturated carbocycles. The van der Waals surface area contributed by atoms with E-state index in [-0.39, 0.29) is 7.43 Å². The van der Waals surface area contributed by atoms with Crippen molar-refractivity contribution in [2.24, 2.45) is 11.8 Å². The summed E-state index contributed by atoms with van der Waals surface area (Å²) in [6.07, 6.45) is 4.30. The smallest absolute Gasteiger partial charge is 0.0594 e. The molecule has 2 saturated heterocycles. The summed E-state index contributed by atoms with van der Waals surface area (Å²) in [6, 6.07) is 0. The summed E-state index contributed by atoms with van der Waals surface area (Å²) >= 11 is 0. The lowest BCUT2D eigenvalue weighted by atomic mass is 10.1.